The number of rotatable bonds is 4. The molecule has 5 heteroatoms. The molecule has 1 amide bonds. The molecular formula is C20H28F2N2O. The van der Waals surface area contributed by atoms with E-state index in [0.29, 0.717) is 25.2 Å². The lowest BCUT2D eigenvalue weighted by molar-refractivity contribution is -0.130. The van der Waals surface area contributed by atoms with Gasteiger partial charge in [-0.2, -0.15) is 0 Å². The van der Waals surface area contributed by atoms with E-state index in [0.717, 1.165) is 44.7 Å². The molecule has 3 rings (SSSR count). The third-order valence-electron chi connectivity index (χ3n) is 5.49. The van der Waals surface area contributed by atoms with Gasteiger partial charge in [-0.15, -0.1) is 0 Å². The number of halogens is 2. The Hall–Kier alpha value is -1.49. The molecule has 2 aliphatic rings. The van der Waals surface area contributed by atoms with E-state index in [-0.39, 0.29) is 18.7 Å². The van der Waals surface area contributed by atoms with Gasteiger partial charge < -0.3 is 9.80 Å². The van der Waals surface area contributed by atoms with E-state index in [2.05, 4.69) is 4.90 Å². The molecule has 0 spiro atoms. The van der Waals surface area contributed by atoms with Crippen LogP contribution in [0.4, 0.5) is 8.78 Å². The lowest BCUT2D eigenvalue weighted by atomic mass is 9.86. The summed E-state index contributed by atoms with van der Waals surface area (Å²) in [4.78, 5) is 16.8. The first-order valence-corrected chi connectivity index (χ1v) is 9.44. The van der Waals surface area contributed by atoms with Crippen molar-refractivity contribution in [3.8, 4) is 0 Å². The van der Waals surface area contributed by atoms with Crippen molar-refractivity contribution in [3.63, 3.8) is 0 Å². The first kappa shape index (κ1) is 18.3. The van der Waals surface area contributed by atoms with Gasteiger partial charge in [0.15, 0.2) is 0 Å². The van der Waals surface area contributed by atoms with Crippen LogP contribution < -0.4 is 0 Å². The fraction of sp³-hybridized carbons (Fsp3) is 0.650. The Morgan fingerprint density at radius 1 is 1.04 bits per heavy atom. The molecule has 1 aromatic rings. The quantitative estimate of drug-likeness (QED) is 0.828. The van der Waals surface area contributed by atoms with Crippen molar-refractivity contribution >= 4 is 5.91 Å². The van der Waals surface area contributed by atoms with E-state index >= 15 is 0 Å². The van der Waals surface area contributed by atoms with Gasteiger partial charge in [0.05, 0.1) is 6.42 Å². The van der Waals surface area contributed by atoms with Gasteiger partial charge in [-0.3, -0.25) is 4.79 Å². The number of amides is 1. The van der Waals surface area contributed by atoms with Gasteiger partial charge in [0, 0.05) is 39.0 Å². The highest BCUT2D eigenvalue weighted by Gasteiger charge is 2.35. The minimum absolute atomic E-state index is 0.0349. The first-order chi connectivity index (χ1) is 12.0. The van der Waals surface area contributed by atoms with Crippen molar-refractivity contribution in [2.45, 2.75) is 44.4 Å². The molecule has 0 N–H and O–H groups in total. The van der Waals surface area contributed by atoms with E-state index in [4.69, 9.17) is 0 Å². The number of benzene rings is 1. The summed E-state index contributed by atoms with van der Waals surface area (Å²) in [5.74, 6) is -1.88. The van der Waals surface area contributed by atoms with E-state index in [1.54, 1.807) is 0 Å². The highest BCUT2D eigenvalue weighted by molar-refractivity contribution is 5.78. The van der Waals surface area contributed by atoms with E-state index in [1.807, 2.05) is 35.2 Å². The van der Waals surface area contributed by atoms with Gasteiger partial charge in [-0.1, -0.05) is 30.3 Å². The Morgan fingerprint density at radius 3 is 2.48 bits per heavy atom. The molecule has 0 aromatic heterocycles. The van der Waals surface area contributed by atoms with Crippen LogP contribution in [-0.2, 0) is 11.2 Å². The molecule has 3 nitrogen and oxygen atoms in total. The molecule has 1 aromatic carbocycles. The predicted molar refractivity (Wildman–Crippen MR) is 94.7 cm³/mol. The molecule has 1 heterocycles. The Bertz CT molecular complexity index is 554. The van der Waals surface area contributed by atoms with Crippen molar-refractivity contribution in [1.82, 2.24) is 9.80 Å². The standard InChI is InChI=1S/C20H28F2N2O/c21-20(22)9-7-18(8-10-20)16-23-11-4-12-24(14-13-23)19(25)15-17-5-2-1-3-6-17/h1-3,5-6,18H,4,7-16H2. The maximum atomic E-state index is 13.3. The van der Waals surface area contributed by atoms with Gasteiger partial charge in [0.25, 0.3) is 0 Å². The van der Waals surface area contributed by atoms with Crippen LogP contribution in [0.15, 0.2) is 30.3 Å². The van der Waals surface area contributed by atoms with Crippen LogP contribution in [-0.4, -0.2) is 54.4 Å². The Labute approximate surface area is 149 Å². The molecule has 1 saturated carbocycles. The second-order valence-corrected chi connectivity index (χ2v) is 7.50. The lowest BCUT2D eigenvalue weighted by Gasteiger charge is -2.32. The zero-order chi connectivity index (χ0) is 17.7. The van der Waals surface area contributed by atoms with Gasteiger partial charge in [-0.25, -0.2) is 8.78 Å². The molecule has 2 fully saturated rings. The Kier molecular flexibility index (Phi) is 6.05. The van der Waals surface area contributed by atoms with E-state index in [1.165, 1.54) is 0 Å². The van der Waals surface area contributed by atoms with Crippen LogP contribution in [0.25, 0.3) is 0 Å². The number of carbonyl (C=O) groups excluding carboxylic acids is 1. The summed E-state index contributed by atoms with van der Waals surface area (Å²) in [5.41, 5.74) is 1.05. The van der Waals surface area contributed by atoms with Crippen LogP contribution in [0.3, 0.4) is 0 Å². The summed E-state index contributed by atoms with van der Waals surface area (Å²) in [6.45, 7) is 4.26. The minimum Gasteiger partial charge on any atom is -0.341 e. The number of alkyl halides is 2. The molecule has 1 aliphatic carbocycles. The van der Waals surface area contributed by atoms with Gasteiger partial charge in [0.2, 0.25) is 11.8 Å². The van der Waals surface area contributed by atoms with Crippen LogP contribution in [0.2, 0.25) is 0 Å². The monoisotopic (exact) mass is 350 g/mol. The normalized spacial score (nSPS) is 22.6. The average molecular weight is 350 g/mol. The summed E-state index contributed by atoms with van der Waals surface area (Å²) in [6, 6.07) is 9.85. The van der Waals surface area contributed by atoms with Crippen molar-refractivity contribution in [1.29, 1.82) is 0 Å². The summed E-state index contributed by atoms with van der Waals surface area (Å²) in [6.07, 6.45) is 2.74. The van der Waals surface area contributed by atoms with Crippen molar-refractivity contribution in [2.24, 2.45) is 5.92 Å². The summed E-state index contributed by atoms with van der Waals surface area (Å²) in [7, 11) is 0. The third-order valence-corrected chi connectivity index (χ3v) is 5.49. The number of hydrogen-bond donors (Lipinski definition) is 0. The third kappa shape index (κ3) is 5.50. The van der Waals surface area contributed by atoms with Crippen LogP contribution in [0.5, 0.6) is 0 Å². The molecule has 138 valence electrons. The maximum absolute atomic E-state index is 13.3. The molecule has 1 aliphatic heterocycles. The highest BCUT2D eigenvalue weighted by atomic mass is 19.3. The highest BCUT2D eigenvalue weighted by Crippen LogP contribution is 2.36. The molecule has 0 atom stereocenters. The first-order valence-electron chi connectivity index (χ1n) is 9.44. The fourth-order valence-electron chi connectivity index (χ4n) is 3.93. The molecule has 25 heavy (non-hydrogen) atoms. The van der Waals surface area contributed by atoms with Gasteiger partial charge in [0.1, 0.15) is 0 Å². The summed E-state index contributed by atoms with van der Waals surface area (Å²) >= 11 is 0. The average Bonchev–Trinajstić information content (AvgIpc) is 2.83. The van der Waals surface area contributed by atoms with Gasteiger partial charge >= 0.3 is 0 Å². The smallest absolute Gasteiger partial charge is 0.248 e. The van der Waals surface area contributed by atoms with E-state index in [9.17, 15) is 13.6 Å². The second-order valence-electron chi connectivity index (χ2n) is 7.50. The SMILES string of the molecule is O=C(Cc1ccccc1)N1CCCN(CC2CCC(F)(F)CC2)CC1. The van der Waals surface area contributed by atoms with Crippen molar-refractivity contribution < 1.29 is 13.6 Å². The predicted octanol–water partition coefficient (Wildman–Crippen LogP) is 3.59. The largest absolute Gasteiger partial charge is 0.341 e. The summed E-state index contributed by atoms with van der Waals surface area (Å²) < 4.78 is 26.6. The zero-order valence-corrected chi connectivity index (χ0v) is 14.8. The number of hydrogen-bond acceptors (Lipinski definition) is 2. The minimum atomic E-state index is -2.45. The van der Waals surface area contributed by atoms with Crippen molar-refractivity contribution in [3.05, 3.63) is 35.9 Å². The Morgan fingerprint density at radius 2 is 1.76 bits per heavy atom. The molecule has 0 bridgehead atoms. The lowest BCUT2D eigenvalue weighted by Crippen LogP contribution is -2.38. The topological polar surface area (TPSA) is 23.6 Å². The Balaban J connectivity index is 1.45. The van der Waals surface area contributed by atoms with Crippen LogP contribution in [0, 0.1) is 5.92 Å². The molecule has 1 saturated heterocycles. The maximum Gasteiger partial charge on any atom is 0.248 e. The summed E-state index contributed by atoms with van der Waals surface area (Å²) in [5, 5.41) is 0. The van der Waals surface area contributed by atoms with Crippen LogP contribution in [0.1, 0.15) is 37.7 Å². The second kappa shape index (κ2) is 8.26. The molecule has 0 radical (unpaired) electrons. The fourth-order valence-corrected chi connectivity index (χ4v) is 3.93. The number of nitrogens with zero attached hydrogens (tertiary/aromatic N) is 2. The zero-order valence-electron chi connectivity index (χ0n) is 14.8. The van der Waals surface area contributed by atoms with Crippen molar-refractivity contribution in [2.75, 3.05) is 32.7 Å². The van der Waals surface area contributed by atoms with E-state index < -0.39 is 5.92 Å². The molecular weight excluding hydrogens is 322 g/mol. The van der Waals surface area contributed by atoms with Gasteiger partial charge in [-0.05, 0) is 37.3 Å². The number of carbonyl (C=O) groups is 1. The molecule has 0 unspecified atom stereocenters. The van der Waals surface area contributed by atoms with Crippen LogP contribution >= 0.6 is 0 Å².